The summed E-state index contributed by atoms with van der Waals surface area (Å²) in [4.78, 5) is 11.6. The van der Waals surface area contributed by atoms with E-state index in [1.165, 1.54) is 44.9 Å². The Bertz CT molecular complexity index is 646. The zero-order valence-electron chi connectivity index (χ0n) is 15.3. The molecule has 0 aromatic heterocycles. The average Bonchev–Trinajstić information content (AvgIpc) is 2.64. The highest BCUT2D eigenvalue weighted by Gasteiger charge is 2.12. The summed E-state index contributed by atoms with van der Waals surface area (Å²) in [6.07, 6.45) is 11.3. The molecule has 1 N–H and O–H groups in total. The molecule has 134 valence electrons. The number of aromatic carboxylic acids is 1. The Hall–Kier alpha value is -2.09. The van der Waals surface area contributed by atoms with Gasteiger partial charge in [0.15, 0.2) is 0 Å². The molecule has 0 aliphatic rings. The van der Waals surface area contributed by atoms with Crippen LogP contribution < -0.4 is 0 Å². The first-order chi connectivity index (χ1) is 12.2. The number of rotatable bonds is 11. The first kappa shape index (κ1) is 19.2. The zero-order valence-corrected chi connectivity index (χ0v) is 15.3. The minimum absolute atomic E-state index is 0.406. The molecule has 0 saturated heterocycles. The van der Waals surface area contributed by atoms with Gasteiger partial charge in [-0.2, -0.15) is 0 Å². The third-order valence-corrected chi connectivity index (χ3v) is 4.72. The molecule has 0 bridgehead atoms. The molecule has 2 aromatic rings. The van der Waals surface area contributed by atoms with Gasteiger partial charge in [0.25, 0.3) is 0 Å². The standard InChI is InChI=1S/C23H30O2/c1-2-3-4-5-6-7-8-10-13-19-16-17-21(22(18-19)23(24)25)20-14-11-9-12-15-20/h9,11-12,14-18H,2-8,10,13H2,1H3,(H,24,25). The number of carboxylic acid groups (broad SMARTS) is 1. The van der Waals surface area contributed by atoms with Crippen LogP contribution in [0.4, 0.5) is 0 Å². The second-order valence-electron chi connectivity index (χ2n) is 6.78. The zero-order chi connectivity index (χ0) is 17.9. The molecule has 0 unspecified atom stereocenters. The summed E-state index contributed by atoms with van der Waals surface area (Å²) in [5.74, 6) is -0.850. The summed E-state index contributed by atoms with van der Waals surface area (Å²) in [7, 11) is 0. The Labute approximate surface area is 151 Å². The quantitative estimate of drug-likeness (QED) is 0.461. The van der Waals surface area contributed by atoms with E-state index in [1.807, 2.05) is 42.5 Å². The van der Waals surface area contributed by atoms with Crippen molar-refractivity contribution in [2.24, 2.45) is 0 Å². The van der Waals surface area contributed by atoms with E-state index in [-0.39, 0.29) is 0 Å². The lowest BCUT2D eigenvalue weighted by molar-refractivity contribution is 0.0697. The van der Waals surface area contributed by atoms with E-state index in [0.29, 0.717) is 5.56 Å². The predicted molar refractivity (Wildman–Crippen MR) is 105 cm³/mol. The highest BCUT2D eigenvalue weighted by molar-refractivity contribution is 5.96. The van der Waals surface area contributed by atoms with Crippen LogP contribution in [0.15, 0.2) is 48.5 Å². The molecular formula is C23H30O2. The van der Waals surface area contributed by atoms with E-state index in [9.17, 15) is 9.90 Å². The lowest BCUT2D eigenvalue weighted by Gasteiger charge is -2.09. The van der Waals surface area contributed by atoms with Crippen molar-refractivity contribution in [1.82, 2.24) is 0 Å². The SMILES string of the molecule is CCCCCCCCCCc1ccc(-c2ccccc2)c(C(=O)O)c1. The molecule has 2 rings (SSSR count). The maximum Gasteiger partial charge on any atom is 0.336 e. The van der Waals surface area contributed by atoms with Crippen molar-refractivity contribution in [1.29, 1.82) is 0 Å². The van der Waals surface area contributed by atoms with Gasteiger partial charge >= 0.3 is 5.97 Å². The number of hydrogen-bond acceptors (Lipinski definition) is 1. The lowest BCUT2D eigenvalue weighted by atomic mass is 9.95. The number of aryl methyl sites for hydroxylation is 1. The first-order valence-corrected chi connectivity index (χ1v) is 9.64. The third-order valence-electron chi connectivity index (χ3n) is 4.72. The highest BCUT2D eigenvalue weighted by Crippen LogP contribution is 2.25. The molecule has 0 radical (unpaired) electrons. The number of hydrogen-bond donors (Lipinski definition) is 1. The maximum absolute atomic E-state index is 11.6. The third kappa shape index (κ3) is 6.38. The van der Waals surface area contributed by atoms with E-state index in [2.05, 4.69) is 13.0 Å². The Morgan fingerprint density at radius 3 is 2.12 bits per heavy atom. The second-order valence-corrected chi connectivity index (χ2v) is 6.78. The van der Waals surface area contributed by atoms with Crippen molar-refractivity contribution >= 4 is 5.97 Å². The molecule has 0 amide bonds. The number of carboxylic acids is 1. The van der Waals surface area contributed by atoms with Crippen molar-refractivity contribution in [2.45, 2.75) is 64.7 Å². The van der Waals surface area contributed by atoms with Crippen LogP contribution in [0.1, 0.15) is 74.2 Å². The molecule has 0 spiro atoms. The van der Waals surface area contributed by atoms with Gasteiger partial charge in [0.05, 0.1) is 5.56 Å². The topological polar surface area (TPSA) is 37.3 Å². The van der Waals surface area contributed by atoms with Crippen LogP contribution in [0.5, 0.6) is 0 Å². The van der Waals surface area contributed by atoms with Crippen LogP contribution in [-0.2, 0) is 6.42 Å². The summed E-state index contributed by atoms with van der Waals surface area (Å²) in [6.45, 7) is 2.24. The Morgan fingerprint density at radius 1 is 0.840 bits per heavy atom. The monoisotopic (exact) mass is 338 g/mol. The van der Waals surface area contributed by atoms with Gasteiger partial charge < -0.3 is 5.11 Å². The molecule has 2 nitrogen and oxygen atoms in total. The molecule has 0 atom stereocenters. The van der Waals surface area contributed by atoms with E-state index >= 15 is 0 Å². The van der Waals surface area contributed by atoms with Crippen LogP contribution >= 0.6 is 0 Å². The minimum Gasteiger partial charge on any atom is -0.478 e. The van der Waals surface area contributed by atoms with Gasteiger partial charge in [-0.25, -0.2) is 4.79 Å². The Balaban J connectivity index is 1.88. The normalized spacial score (nSPS) is 10.8. The van der Waals surface area contributed by atoms with Crippen molar-refractivity contribution in [3.63, 3.8) is 0 Å². The molecule has 0 saturated carbocycles. The van der Waals surface area contributed by atoms with Crippen LogP contribution in [-0.4, -0.2) is 11.1 Å². The fourth-order valence-corrected chi connectivity index (χ4v) is 3.26. The van der Waals surface area contributed by atoms with Crippen molar-refractivity contribution in [2.75, 3.05) is 0 Å². The molecule has 0 aliphatic heterocycles. The van der Waals surface area contributed by atoms with Crippen LogP contribution in [0.2, 0.25) is 0 Å². The Morgan fingerprint density at radius 2 is 1.48 bits per heavy atom. The van der Waals surface area contributed by atoms with Crippen LogP contribution in [0.25, 0.3) is 11.1 Å². The molecule has 2 aromatic carbocycles. The van der Waals surface area contributed by atoms with Gasteiger partial charge in [-0.15, -0.1) is 0 Å². The van der Waals surface area contributed by atoms with Crippen molar-refractivity contribution in [3.05, 3.63) is 59.7 Å². The van der Waals surface area contributed by atoms with Gasteiger partial charge in [0, 0.05) is 0 Å². The van der Waals surface area contributed by atoms with E-state index in [1.54, 1.807) is 0 Å². The predicted octanol–water partition coefficient (Wildman–Crippen LogP) is 6.74. The number of benzene rings is 2. The van der Waals surface area contributed by atoms with Crippen LogP contribution in [0, 0.1) is 0 Å². The lowest BCUT2D eigenvalue weighted by Crippen LogP contribution is -2.01. The van der Waals surface area contributed by atoms with Crippen LogP contribution in [0.3, 0.4) is 0 Å². The summed E-state index contributed by atoms with van der Waals surface area (Å²) < 4.78 is 0. The molecular weight excluding hydrogens is 308 g/mol. The smallest absolute Gasteiger partial charge is 0.336 e. The largest absolute Gasteiger partial charge is 0.478 e. The van der Waals surface area contributed by atoms with E-state index < -0.39 is 5.97 Å². The molecule has 0 fully saturated rings. The molecule has 0 aliphatic carbocycles. The van der Waals surface area contributed by atoms with Crippen molar-refractivity contribution < 1.29 is 9.90 Å². The van der Waals surface area contributed by atoms with Gasteiger partial charge in [0.1, 0.15) is 0 Å². The van der Waals surface area contributed by atoms with Crippen molar-refractivity contribution in [3.8, 4) is 11.1 Å². The van der Waals surface area contributed by atoms with Gasteiger partial charge in [-0.05, 0) is 35.6 Å². The minimum atomic E-state index is -0.850. The van der Waals surface area contributed by atoms with Gasteiger partial charge in [-0.3, -0.25) is 0 Å². The highest BCUT2D eigenvalue weighted by atomic mass is 16.4. The number of unbranched alkanes of at least 4 members (excludes halogenated alkanes) is 7. The summed E-state index contributed by atoms with van der Waals surface area (Å²) in [5, 5.41) is 9.56. The molecule has 2 heteroatoms. The summed E-state index contributed by atoms with van der Waals surface area (Å²) >= 11 is 0. The summed E-state index contributed by atoms with van der Waals surface area (Å²) in [5.41, 5.74) is 3.29. The van der Waals surface area contributed by atoms with Gasteiger partial charge in [0.2, 0.25) is 0 Å². The molecule has 0 heterocycles. The fraction of sp³-hybridized carbons (Fsp3) is 0.435. The van der Waals surface area contributed by atoms with Gasteiger partial charge in [-0.1, -0.05) is 94.3 Å². The molecule has 25 heavy (non-hydrogen) atoms. The fourth-order valence-electron chi connectivity index (χ4n) is 3.26. The first-order valence-electron chi connectivity index (χ1n) is 9.64. The second kappa shape index (κ2) is 10.7. The number of carbonyl (C=O) groups is 1. The Kier molecular flexibility index (Phi) is 8.24. The van der Waals surface area contributed by atoms with E-state index in [0.717, 1.165) is 29.5 Å². The summed E-state index contributed by atoms with van der Waals surface area (Å²) in [6, 6.07) is 15.6. The maximum atomic E-state index is 11.6. The van der Waals surface area contributed by atoms with E-state index in [4.69, 9.17) is 0 Å². The average molecular weight is 338 g/mol.